The first-order chi connectivity index (χ1) is 8.17. The molecule has 0 saturated carbocycles. The van der Waals surface area contributed by atoms with Crippen LogP contribution in [0.5, 0.6) is 0 Å². The number of carboxylic acid groups (broad SMARTS) is 1. The Hall–Kier alpha value is -1.96. The molecule has 0 atom stereocenters. The summed E-state index contributed by atoms with van der Waals surface area (Å²) in [6, 6.07) is 2.54. The van der Waals surface area contributed by atoms with Crippen LogP contribution in [0.1, 0.15) is 23.5 Å². The highest BCUT2D eigenvalue weighted by Crippen LogP contribution is 2.26. The van der Waals surface area contributed by atoms with E-state index in [4.69, 9.17) is 5.11 Å². The van der Waals surface area contributed by atoms with Gasteiger partial charge in [-0.05, 0) is 19.9 Å². The molecule has 0 bridgehead atoms. The van der Waals surface area contributed by atoms with Gasteiger partial charge in [0.2, 0.25) is 0 Å². The summed E-state index contributed by atoms with van der Waals surface area (Å²) in [4.78, 5) is 34.1. The van der Waals surface area contributed by atoms with Gasteiger partial charge in [-0.1, -0.05) is 11.3 Å². The molecule has 1 heterocycles. The molecule has 1 N–H and O–H groups in total. The zero-order valence-electron chi connectivity index (χ0n) is 10.0. The first-order valence-corrected chi connectivity index (χ1v) is 5.75. The summed E-state index contributed by atoms with van der Waals surface area (Å²) in [5.41, 5.74) is -1.38. The van der Waals surface area contributed by atoms with E-state index in [2.05, 4.69) is 0 Å². The van der Waals surface area contributed by atoms with Crippen molar-refractivity contribution in [2.24, 2.45) is 0 Å². The third kappa shape index (κ3) is 2.48. The summed E-state index contributed by atoms with van der Waals surface area (Å²) >= 11 is 0.722. The maximum atomic E-state index is 12.0. The Morgan fingerprint density at radius 2 is 2.00 bits per heavy atom. The lowest BCUT2D eigenvalue weighted by molar-refractivity contribution is -0.380. The largest absolute Gasteiger partial charge is 0.480 e. The minimum atomic E-state index is -1.38. The van der Waals surface area contributed by atoms with Gasteiger partial charge < -0.3 is 10.0 Å². The Balaban J connectivity index is 3.00. The van der Waals surface area contributed by atoms with E-state index in [1.807, 2.05) is 0 Å². The summed E-state index contributed by atoms with van der Waals surface area (Å²) in [6.07, 6.45) is 0. The molecule has 0 saturated heterocycles. The van der Waals surface area contributed by atoms with Crippen molar-refractivity contribution in [2.75, 3.05) is 7.05 Å². The van der Waals surface area contributed by atoms with Crippen LogP contribution >= 0.6 is 11.3 Å². The van der Waals surface area contributed by atoms with Crippen LogP contribution in [-0.4, -0.2) is 39.4 Å². The zero-order chi connectivity index (χ0) is 14.1. The molecule has 8 heteroatoms. The minimum Gasteiger partial charge on any atom is -0.480 e. The van der Waals surface area contributed by atoms with Gasteiger partial charge in [-0.25, -0.2) is 4.79 Å². The monoisotopic (exact) mass is 272 g/mol. The number of nitro groups is 1. The smallest absolute Gasteiger partial charge is 0.329 e. The number of thiophene rings is 1. The average molecular weight is 272 g/mol. The Bertz CT molecular complexity index is 508. The van der Waals surface area contributed by atoms with E-state index in [0.29, 0.717) is 0 Å². The van der Waals surface area contributed by atoms with Crippen molar-refractivity contribution in [2.45, 2.75) is 19.4 Å². The van der Waals surface area contributed by atoms with Crippen molar-refractivity contribution in [3.05, 3.63) is 27.1 Å². The van der Waals surface area contributed by atoms with Gasteiger partial charge >= 0.3 is 11.0 Å². The Morgan fingerprint density at radius 1 is 1.44 bits per heavy atom. The number of carboxylic acids is 1. The maximum Gasteiger partial charge on any atom is 0.329 e. The van der Waals surface area contributed by atoms with Gasteiger partial charge in [-0.3, -0.25) is 14.9 Å². The van der Waals surface area contributed by atoms with Crippen LogP contribution in [-0.2, 0) is 4.79 Å². The van der Waals surface area contributed by atoms with E-state index in [9.17, 15) is 19.7 Å². The lowest BCUT2D eigenvalue weighted by Crippen LogP contribution is -2.50. The Kier molecular flexibility index (Phi) is 3.70. The van der Waals surface area contributed by atoms with Gasteiger partial charge in [-0.15, -0.1) is 0 Å². The molecule has 0 fully saturated rings. The fraction of sp³-hybridized carbons (Fsp3) is 0.400. The molecule has 1 rings (SSSR count). The van der Waals surface area contributed by atoms with Crippen LogP contribution in [0.25, 0.3) is 0 Å². The molecule has 0 radical (unpaired) electrons. The van der Waals surface area contributed by atoms with Crippen LogP contribution in [0.4, 0.5) is 5.00 Å². The van der Waals surface area contributed by atoms with Crippen molar-refractivity contribution < 1.29 is 19.6 Å². The number of likely N-dealkylation sites (N-methyl/N-ethyl adjacent to an activating group) is 1. The van der Waals surface area contributed by atoms with Crippen LogP contribution in [0, 0.1) is 10.1 Å². The molecule has 0 aliphatic carbocycles. The van der Waals surface area contributed by atoms with Gasteiger partial charge in [0.15, 0.2) is 0 Å². The lowest BCUT2D eigenvalue weighted by Gasteiger charge is -2.31. The van der Waals surface area contributed by atoms with E-state index >= 15 is 0 Å². The molecule has 0 aliphatic rings. The summed E-state index contributed by atoms with van der Waals surface area (Å²) in [7, 11) is 1.35. The number of amides is 1. The second kappa shape index (κ2) is 4.73. The highest BCUT2D eigenvalue weighted by molar-refractivity contribution is 7.17. The van der Waals surface area contributed by atoms with Crippen LogP contribution in [0.3, 0.4) is 0 Å². The molecule has 0 unspecified atom stereocenters. The van der Waals surface area contributed by atoms with Gasteiger partial charge in [0.25, 0.3) is 5.91 Å². The zero-order valence-corrected chi connectivity index (χ0v) is 10.9. The molecule has 0 aromatic carbocycles. The standard InChI is InChI=1S/C10H12N2O5S/c1-10(2,9(14)15)11(3)8(13)6-4-5-7(18-6)12(16)17/h4-5H,1-3H3,(H,14,15). The molecular formula is C10H12N2O5S. The summed E-state index contributed by atoms with van der Waals surface area (Å²) in [5, 5.41) is 19.4. The Labute approximate surface area is 107 Å². The topological polar surface area (TPSA) is 101 Å². The Morgan fingerprint density at radius 3 is 2.39 bits per heavy atom. The number of rotatable bonds is 4. The third-order valence-electron chi connectivity index (χ3n) is 2.65. The lowest BCUT2D eigenvalue weighted by atomic mass is 10.0. The molecule has 18 heavy (non-hydrogen) atoms. The van der Waals surface area contributed by atoms with Crippen molar-refractivity contribution >= 4 is 28.2 Å². The van der Waals surface area contributed by atoms with E-state index in [1.54, 1.807) is 0 Å². The molecule has 98 valence electrons. The predicted molar refractivity (Wildman–Crippen MR) is 64.8 cm³/mol. The van der Waals surface area contributed by atoms with Gasteiger partial charge in [0.1, 0.15) is 5.54 Å². The summed E-state index contributed by atoms with van der Waals surface area (Å²) in [5.74, 6) is -1.70. The number of carbonyl (C=O) groups excluding carboxylic acids is 1. The second-order valence-electron chi connectivity index (χ2n) is 4.12. The quantitative estimate of drug-likeness (QED) is 0.662. The van der Waals surface area contributed by atoms with E-state index < -0.39 is 22.3 Å². The van der Waals surface area contributed by atoms with Gasteiger partial charge in [-0.2, -0.15) is 0 Å². The number of hydrogen-bond acceptors (Lipinski definition) is 5. The maximum absolute atomic E-state index is 12.0. The fourth-order valence-corrected chi connectivity index (χ4v) is 1.90. The second-order valence-corrected chi connectivity index (χ2v) is 5.19. The third-order valence-corrected chi connectivity index (χ3v) is 3.67. The van der Waals surface area contributed by atoms with Crippen LogP contribution < -0.4 is 0 Å². The molecule has 1 amide bonds. The normalized spacial score (nSPS) is 11.1. The predicted octanol–water partition coefficient (Wildman–Crippen LogP) is 1.59. The van der Waals surface area contributed by atoms with Gasteiger partial charge in [0.05, 0.1) is 9.80 Å². The van der Waals surface area contributed by atoms with Crippen molar-refractivity contribution in [3.8, 4) is 0 Å². The number of hydrogen-bond donors (Lipinski definition) is 1. The van der Waals surface area contributed by atoms with Crippen molar-refractivity contribution in [3.63, 3.8) is 0 Å². The average Bonchev–Trinajstić information content (AvgIpc) is 2.76. The van der Waals surface area contributed by atoms with E-state index in [1.165, 1.54) is 33.0 Å². The number of nitrogens with zero attached hydrogens (tertiary/aromatic N) is 2. The van der Waals surface area contributed by atoms with E-state index in [0.717, 1.165) is 16.2 Å². The summed E-state index contributed by atoms with van der Waals surface area (Å²) < 4.78 is 0. The highest BCUT2D eigenvalue weighted by atomic mass is 32.1. The molecule has 0 spiro atoms. The van der Waals surface area contributed by atoms with Crippen LogP contribution in [0.2, 0.25) is 0 Å². The highest BCUT2D eigenvalue weighted by Gasteiger charge is 2.36. The minimum absolute atomic E-state index is 0.138. The SMILES string of the molecule is CN(C(=O)c1ccc([N+](=O)[O-])s1)C(C)(C)C(=O)O. The van der Waals surface area contributed by atoms with Crippen LogP contribution in [0.15, 0.2) is 12.1 Å². The number of carbonyl (C=O) groups is 2. The molecule has 1 aromatic rings. The molecular weight excluding hydrogens is 260 g/mol. The van der Waals surface area contributed by atoms with Gasteiger partial charge in [0, 0.05) is 13.1 Å². The first-order valence-electron chi connectivity index (χ1n) is 4.93. The fourth-order valence-electron chi connectivity index (χ4n) is 1.10. The van der Waals surface area contributed by atoms with Crippen molar-refractivity contribution in [1.82, 2.24) is 4.90 Å². The number of aliphatic carboxylic acids is 1. The van der Waals surface area contributed by atoms with Crippen molar-refractivity contribution in [1.29, 1.82) is 0 Å². The molecule has 0 aliphatic heterocycles. The van der Waals surface area contributed by atoms with E-state index in [-0.39, 0.29) is 9.88 Å². The molecule has 7 nitrogen and oxygen atoms in total. The molecule has 1 aromatic heterocycles. The summed E-state index contributed by atoms with van der Waals surface area (Å²) in [6.45, 7) is 2.77. The first kappa shape index (κ1) is 14.1.